The molecule has 25 heavy (non-hydrogen) atoms. The minimum atomic E-state index is -1.53. The summed E-state index contributed by atoms with van der Waals surface area (Å²) in [5.74, 6) is 0.0835. The summed E-state index contributed by atoms with van der Waals surface area (Å²) in [6.45, 7) is 2.37. The average Bonchev–Trinajstić information content (AvgIpc) is 2.54. The van der Waals surface area contributed by atoms with Gasteiger partial charge in [0.25, 0.3) is 0 Å². The van der Waals surface area contributed by atoms with Crippen LogP contribution in [0.5, 0.6) is 0 Å². The second kappa shape index (κ2) is 10.0. The van der Waals surface area contributed by atoms with Gasteiger partial charge in [-0.3, -0.25) is 19.7 Å². The molecule has 0 radical (unpaired) electrons. The number of nitro groups is 1. The molecule has 0 aliphatic rings. The van der Waals surface area contributed by atoms with Gasteiger partial charge in [0.1, 0.15) is 11.7 Å². The number of esters is 2. The Labute approximate surface area is 144 Å². The molecule has 0 bridgehead atoms. The fourth-order valence-corrected chi connectivity index (χ4v) is 1.99. The first-order valence-electron chi connectivity index (χ1n) is 7.61. The Morgan fingerprint density at radius 1 is 1.16 bits per heavy atom. The van der Waals surface area contributed by atoms with E-state index in [1.54, 1.807) is 13.8 Å². The van der Waals surface area contributed by atoms with E-state index < -0.39 is 41.1 Å². The Kier molecular flexibility index (Phi) is 8.06. The number of carbonyl (C=O) groups excluding carboxylic acids is 2. The molecule has 0 amide bonds. The second-order valence-corrected chi connectivity index (χ2v) is 4.88. The Hall–Kier alpha value is -2.95. The molecule has 1 aromatic carbocycles. The van der Waals surface area contributed by atoms with Crippen LogP contribution in [0.15, 0.2) is 24.3 Å². The topological polar surface area (TPSA) is 95.7 Å². The molecule has 0 heterocycles. The molecular weight excluding hydrogens is 333 g/mol. The summed E-state index contributed by atoms with van der Waals surface area (Å²) in [7, 11) is 0. The number of hydrogen-bond acceptors (Lipinski definition) is 6. The summed E-state index contributed by atoms with van der Waals surface area (Å²) < 4.78 is 22.6. The van der Waals surface area contributed by atoms with Crippen molar-refractivity contribution in [1.82, 2.24) is 0 Å². The maximum absolute atomic E-state index is 12.9. The zero-order valence-corrected chi connectivity index (χ0v) is 13.9. The predicted molar refractivity (Wildman–Crippen MR) is 85.4 cm³/mol. The van der Waals surface area contributed by atoms with Gasteiger partial charge in [-0.1, -0.05) is 11.8 Å². The maximum Gasteiger partial charge on any atom is 0.321 e. The third-order valence-corrected chi connectivity index (χ3v) is 3.08. The highest BCUT2D eigenvalue weighted by Gasteiger charge is 2.39. The third-order valence-electron chi connectivity index (χ3n) is 3.08. The van der Waals surface area contributed by atoms with E-state index in [-0.39, 0.29) is 13.2 Å². The largest absolute Gasteiger partial charge is 0.465 e. The van der Waals surface area contributed by atoms with Gasteiger partial charge < -0.3 is 9.47 Å². The highest BCUT2D eigenvalue weighted by molar-refractivity contribution is 5.95. The van der Waals surface area contributed by atoms with Crippen molar-refractivity contribution in [3.8, 4) is 11.8 Å². The van der Waals surface area contributed by atoms with Crippen LogP contribution in [0.3, 0.4) is 0 Å². The molecule has 0 saturated carbocycles. The zero-order valence-electron chi connectivity index (χ0n) is 13.9. The number of halogens is 1. The Balaban J connectivity index is 3.18. The van der Waals surface area contributed by atoms with Crippen molar-refractivity contribution in [3.63, 3.8) is 0 Å². The number of rotatable bonds is 7. The molecule has 0 aliphatic heterocycles. The molecular formula is C17H18FNO6. The van der Waals surface area contributed by atoms with Crippen LogP contribution in [0.25, 0.3) is 0 Å². The average molecular weight is 351 g/mol. The van der Waals surface area contributed by atoms with Crippen molar-refractivity contribution in [2.24, 2.45) is 11.8 Å². The smallest absolute Gasteiger partial charge is 0.321 e. The van der Waals surface area contributed by atoms with Gasteiger partial charge in [-0.05, 0) is 38.1 Å². The lowest BCUT2D eigenvalue weighted by Crippen LogP contribution is -2.37. The van der Waals surface area contributed by atoms with E-state index in [1.807, 2.05) is 0 Å². The lowest BCUT2D eigenvalue weighted by molar-refractivity contribution is -0.486. The quantitative estimate of drug-likeness (QED) is 0.244. The molecule has 7 nitrogen and oxygen atoms in total. The first-order chi connectivity index (χ1) is 11.9. The van der Waals surface area contributed by atoms with E-state index in [1.165, 1.54) is 24.3 Å². The van der Waals surface area contributed by atoms with Gasteiger partial charge in [0.05, 0.1) is 13.2 Å². The number of nitrogens with zero attached hydrogens (tertiary/aromatic N) is 1. The molecule has 0 aromatic heterocycles. The summed E-state index contributed by atoms with van der Waals surface area (Å²) in [5, 5.41) is 10.9. The standard InChI is InChI=1S/C17H18FNO6/c1-3-24-16(20)15(17(21)25-4-2)13(11-19(22)23)8-5-12-6-9-14(18)10-7-12/h6-7,9-10,13,15H,3-4,11H2,1-2H3. The summed E-state index contributed by atoms with van der Waals surface area (Å²) >= 11 is 0. The monoisotopic (exact) mass is 351 g/mol. The van der Waals surface area contributed by atoms with Crippen molar-refractivity contribution in [3.05, 3.63) is 45.8 Å². The van der Waals surface area contributed by atoms with Crippen LogP contribution in [0.2, 0.25) is 0 Å². The SMILES string of the molecule is CCOC(=O)C(C(=O)OCC)C(C#Cc1ccc(F)cc1)C[N+](=O)[O-]. The summed E-state index contributed by atoms with van der Waals surface area (Å²) in [6.07, 6.45) is 0. The number of carbonyl (C=O) groups is 2. The summed E-state index contributed by atoms with van der Waals surface area (Å²) in [5.41, 5.74) is 0.390. The molecule has 0 aliphatic carbocycles. The molecule has 1 atom stereocenters. The number of benzene rings is 1. The van der Waals surface area contributed by atoms with Crippen LogP contribution >= 0.6 is 0 Å². The van der Waals surface area contributed by atoms with Gasteiger partial charge in [-0.25, -0.2) is 4.39 Å². The van der Waals surface area contributed by atoms with E-state index in [9.17, 15) is 24.1 Å². The Bertz CT molecular complexity index is 659. The van der Waals surface area contributed by atoms with Crippen molar-refractivity contribution >= 4 is 11.9 Å². The molecule has 0 saturated heterocycles. The maximum atomic E-state index is 12.9. The minimum absolute atomic E-state index is 0.00527. The molecule has 0 N–H and O–H groups in total. The van der Waals surface area contributed by atoms with Crippen LogP contribution in [-0.2, 0) is 19.1 Å². The normalized spacial score (nSPS) is 11.2. The van der Waals surface area contributed by atoms with E-state index in [4.69, 9.17) is 9.47 Å². The van der Waals surface area contributed by atoms with Crippen molar-refractivity contribution in [2.75, 3.05) is 19.8 Å². The van der Waals surface area contributed by atoms with Gasteiger partial charge in [-0.15, -0.1) is 0 Å². The Morgan fingerprint density at radius 3 is 2.12 bits per heavy atom. The van der Waals surface area contributed by atoms with Gasteiger partial charge in [-0.2, -0.15) is 0 Å². The molecule has 1 aromatic rings. The third kappa shape index (κ3) is 6.59. The van der Waals surface area contributed by atoms with E-state index in [0.717, 1.165) is 0 Å². The summed E-state index contributed by atoms with van der Waals surface area (Å²) in [6, 6.07) is 5.13. The van der Waals surface area contributed by atoms with Crippen LogP contribution in [0, 0.1) is 39.6 Å². The van der Waals surface area contributed by atoms with Gasteiger partial charge in [0.15, 0.2) is 5.92 Å². The predicted octanol–water partition coefficient (Wildman–Crippen LogP) is 1.81. The lowest BCUT2D eigenvalue weighted by atomic mass is 9.92. The van der Waals surface area contributed by atoms with Gasteiger partial charge >= 0.3 is 11.9 Å². The van der Waals surface area contributed by atoms with E-state index in [0.29, 0.717) is 5.56 Å². The molecule has 1 unspecified atom stereocenters. The minimum Gasteiger partial charge on any atom is -0.465 e. The fourth-order valence-electron chi connectivity index (χ4n) is 1.99. The highest BCUT2D eigenvalue weighted by atomic mass is 19.1. The number of hydrogen-bond donors (Lipinski definition) is 0. The fraction of sp³-hybridized carbons (Fsp3) is 0.412. The van der Waals surface area contributed by atoms with Crippen LogP contribution < -0.4 is 0 Å². The van der Waals surface area contributed by atoms with E-state index >= 15 is 0 Å². The van der Waals surface area contributed by atoms with Crippen molar-refractivity contribution in [2.45, 2.75) is 13.8 Å². The molecule has 8 heteroatoms. The molecule has 0 spiro atoms. The first kappa shape index (κ1) is 20.1. The van der Waals surface area contributed by atoms with Crippen LogP contribution in [0.1, 0.15) is 19.4 Å². The second-order valence-electron chi connectivity index (χ2n) is 4.88. The Morgan fingerprint density at radius 2 is 1.68 bits per heavy atom. The van der Waals surface area contributed by atoms with Gasteiger partial charge in [0.2, 0.25) is 6.54 Å². The highest BCUT2D eigenvalue weighted by Crippen LogP contribution is 2.17. The molecule has 1 rings (SSSR count). The molecule has 0 fully saturated rings. The van der Waals surface area contributed by atoms with Crippen LogP contribution in [-0.4, -0.2) is 36.6 Å². The van der Waals surface area contributed by atoms with Crippen molar-refractivity contribution in [1.29, 1.82) is 0 Å². The van der Waals surface area contributed by atoms with Gasteiger partial charge in [0, 0.05) is 10.5 Å². The van der Waals surface area contributed by atoms with E-state index in [2.05, 4.69) is 11.8 Å². The van der Waals surface area contributed by atoms with Crippen LogP contribution in [0.4, 0.5) is 4.39 Å². The zero-order chi connectivity index (χ0) is 18.8. The lowest BCUT2D eigenvalue weighted by Gasteiger charge is -2.17. The summed E-state index contributed by atoms with van der Waals surface area (Å²) in [4.78, 5) is 34.4. The number of ether oxygens (including phenoxy) is 2. The first-order valence-corrected chi connectivity index (χ1v) is 7.61. The van der Waals surface area contributed by atoms with Crippen molar-refractivity contribution < 1.29 is 28.4 Å². The molecule has 134 valence electrons.